The maximum atomic E-state index is 10.2. The highest BCUT2D eigenvalue weighted by Gasteiger charge is 2.59. The molecule has 160 valence electrons. The van der Waals surface area contributed by atoms with Crippen molar-refractivity contribution in [2.45, 2.75) is 111 Å². The molecule has 0 spiro atoms. The number of allylic oxidation sites excluding steroid dienone is 1. The first-order chi connectivity index (χ1) is 13.3. The third-order valence-electron chi connectivity index (χ3n) is 10.3. The molecule has 1 nitrogen and oxygen atoms in total. The highest BCUT2D eigenvalue weighted by molar-refractivity contribution is 5.25. The summed E-state index contributed by atoms with van der Waals surface area (Å²) in [6.07, 6.45) is 17.2. The SMILES string of the molecule is CC(C)CCC[C@@H](C)[C@H]1CC[C@H]2[C@@H]3CC=C4C[14CH](O)CC[C@]4(C)[C@H]3CC[C@]12C. The van der Waals surface area contributed by atoms with Gasteiger partial charge < -0.3 is 5.11 Å². The van der Waals surface area contributed by atoms with Crippen molar-refractivity contribution in [2.75, 3.05) is 0 Å². The third-order valence-corrected chi connectivity index (χ3v) is 10.3. The monoisotopic (exact) mass is 388 g/mol. The van der Waals surface area contributed by atoms with Gasteiger partial charge in [-0.1, -0.05) is 65.5 Å². The molecule has 3 saturated carbocycles. The number of hydrogen-bond acceptors (Lipinski definition) is 1. The third kappa shape index (κ3) is 3.42. The second-order valence-electron chi connectivity index (χ2n) is 12.2. The topological polar surface area (TPSA) is 20.2 Å². The van der Waals surface area contributed by atoms with E-state index in [2.05, 4.69) is 40.7 Å². The van der Waals surface area contributed by atoms with Crippen LogP contribution in [0.3, 0.4) is 0 Å². The van der Waals surface area contributed by atoms with Gasteiger partial charge in [0.2, 0.25) is 0 Å². The molecule has 0 aromatic carbocycles. The predicted octanol–water partition coefficient (Wildman–Crippen LogP) is 7.39. The summed E-state index contributed by atoms with van der Waals surface area (Å²) in [7, 11) is 0. The Morgan fingerprint density at radius 2 is 1.86 bits per heavy atom. The average molecular weight is 389 g/mol. The van der Waals surface area contributed by atoms with Crippen LogP contribution in [0.2, 0.25) is 0 Å². The Morgan fingerprint density at radius 1 is 1.07 bits per heavy atom. The van der Waals surface area contributed by atoms with E-state index in [1.54, 1.807) is 5.57 Å². The van der Waals surface area contributed by atoms with Gasteiger partial charge in [0.1, 0.15) is 0 Å². The van der Waals surface area contributed by atoms with E-state index in [4.69, 9.17) is 0 Å². The van der Waals surface area contributed by atoms with Gasteiger partial charge in [-0.15, -0.1) is 0 Å². The van der Waals surface area contributed by atoms with Gasteiger partial charge in [-0.25, -0.2) is 0 Å². The fraction of sp³-hybridized carbons (Fsp3) is 0.926. The summed E-state index contributed by atoms with van der Waals surface area (Å²) in [5.74, 6) is 5.46. The summed E-state index contributed by atoms with van der Waals surface area (Å²) in [5, 5.41) is 10.2. The molecule has 0 aromatic rings. The lowest BCUT2D eigenvalue weighted by atomic mass is 9.48. The lowest BCUT2D eigenvalue weighted by Gasteiger charge is -2.58. The van der Waals surface area contributed by atoms with E-state index >= 15 is 0 Å². The summed E-state index contributed by atoms with van der Waals surface area (Å²) in [4.78, 5) is 0. The fourth-order valence-corrected chi connectivity index (χ4v) is 8.67. The van der Waals surface area contributed by atoms with E-state index in [0.29, 0.717) is 10.8 Å². The minimum atomic E-state index is -0.0766. The van der Waals surface area contributed by atoms with E-state index in [1.165, 1.54) is 57.8 Å². The van der Waals surface area contributed by atoms with Crippen molar-refractivity contribution >= 4 is 0 Å². The Labute approximate surface area is 174 Å². The molecule has 3 fully saturated rings. The summed E-state index contributed by atoms with van der Waals surface area (Å²) < 4.78 is 0. The molecule has 0 heterocycles. The van der Waals surface area contributed by atoms with Crippen LogP contribution >= 0.6 is 0 Å². The van der Waals surface area contributed by atoms with Crippen LogP contribution < -0.4 is 0 Å². The van der Waals surface area contributed by atoms with Gasteiger partial charge in [0.25, 0.3) is 0 Å². The minimum Gasteiger partial charge on any atom is -0.393 e. The smallest absolute Gasteiger partial charge is 0.0577 e. The highest BCUT2D eigenvalue weighted by atomic mass is 16.5. The van der Waals surface area contributed by atoms with Crippen molar-refractivity contribution in [3.05, 3.63) is 11.6 Å². The van der Waals surface area contributed by atoms with Crippen LogP contribution in [0, 0.1) is 46.3 Å². The lowest BCUT2D eigenvalue weighted by Crippen LogP contribution is -2.50. The Hall–Kier alpha value is -0.300. The quantitative estimate of drug-likeness (QED) is 0.487. The van der Waals surface area contributed by atoms with Gasteiger partial charge in [-0.05, 0) is 97.7 Å². The van der Waals surface area contributed by atoms with Crippen molar-refractivity contribution < 1.29 is 5.11 Å². The zero-order valence-corrected chi connectivity index (χ0v) is 19.3. The van der Waals surface area contributed by atoms with Crippen LogP contribution in [-0.4, -0.2) is 11.2 Å². The highest BCUT2D eigenvalue weighted by Crippen LogP contribution is 2.67. The summed E-state index contributed by atoms with van der Waals surface area (Å²) in [6, 6.07) is 0. The van der Waals surface area contributed by atoms with Gasteiger partial charge in [-0.3, -0.25) is 0 Å². The van der Waals surface area contributed by atoms with Crippen LogP contribution in [-0.2, 0) is 0 Å². The van der Waals surface area contributed by atoms with Gasteiger partial charge in [0.15, 0.2) is 0 Å². The first-order valence-corrected chi connectivity index (χ1v) is 12.6. The van der Waals surface area contributed by atoms with E-state index in [9.17, 15) is 5.11 Å². The number of aliphatic hydroxyl groups is 1. The predicted molar refractivity (Wildman–Crippen MR) is 119 cm³/mol. The molecule has 28 heavy (non-hydrogen) atoms. The fourth-order valence-electron chi connectivity index (χ4n) is 8.67. The molecular formula is C27H46O. The molecule has 1 unspecified atom stereocenters. The number of fused-ring (bicyclic) bond motifs is 5. The van der Waals surface area contributed by atoms with E-state index < -0.39 is 0 Å². The van der Waals surface area contributed by atoms with Crippen LogP contribution in [0.4, 0.5) is 0 Å². The molecule has 1 heteroatoms. The van der Waals surface area contributed by atoms with E-state index in [-0.39, 0.29) is 6.10 Å². The zero-order valence-electron chi connectivity index (χ0n) is 19.3. The van der Waals surface area contributed by atoms with Crippen molar-refractivity contribution in [1.82, 2.24) is 0 Å². The standard InChI is InChI=1S/C27H46O/c1-18(2)7-6-8-19(3)23-11-12-24-22-10-9-20-17-21(28)13-15-26(20,4)25(22)14-16-27(23,24)5/h9,18-19,21-25,28H,6-8,10-17H2,1-5H3/t19-,21?,22+,23-,24+,25+,26+,27-/m1/s1/i21+2. The van der Waals surface area contributed by atoms with Crippen LogP contribution in [0.5, 0.6) is 0 Å². The molecule has 0 radical (unpaired) electrons. The summed E-state index contributed by atoms with van der Waals surface area (Å²) in [6.45, 7) is 12.6. The maximum absolute atomic E-state index is 10.2. The Morgan fingerprint density at radius 3 is 2.61 bits per heavy atom. The van der Waals surface area contributed by atoms with Gasteiger partial charge in [0, 0.05) is 0 Å². The normalized spacial score (nSPS) is 46.5. The maximum Gasteiger partial charge on any atom is 0.0577 e. The van der Waals surface area contributed by atoms with E-state index in [0.717, 1.165) is 48.3 Å². The molecule has 4 rings (SSSR count). The minimum absolute atomic E-state index is 0.0766. The van der Waals surface area contributed by atoms with Crippen molar-refractivity contribution in [3.8, 4) is 0 Å². The molecule has 0 bridgehead atoms. The molecule has 4 aliphatic rings. The second-order valence-corrected chi connectivity index (χ2v) is 12.2. The molecule has 1 N–H and O–H groups in total. The summed E-state index contributed by atoms with van der Waals surface area (Å²) in [5.41, 5.74) is 2.60. The van der Waals surface area contributed by atoms with Gasteiger partial charge in [-0.2, -0.15) is 0 Å². The number of rotatable bonds is 5. The molecule has 0 amide bonds. The second kappa shape index (κ2) is 7.75. The van der Waals surface area contributed by atoms with Gasteiger partial charge in [0.05, 0.1) is 6.10 Å². The Kier molecular flexibility index (Phi) is 5.80. The van der Waals surface area contributed by atoms with Crippen molar-refractivity contribution in [1.29, 1.82) is 0 Å². The van der Waals surface area contributed by atoms with Crippen molar-refractivity contribution in [3.63, 3.8) is 0 Å². The molecular weight excluding hydrogens is 342 g/mol. The van der Waals surface area contributed by atoms with Gasteiger partial charge >= 0.3 is 0 Å². The number of aliphatic hydroxyl groups excluding tert-OH is 1. The Bertz CT molecular complexity index is 591. The van der Waals surface area contributed by atoms with Crippen LogP contribution in [0.25, 0.3) is 0 Å². The van der Waals surface area contributed by atoms with Crippen molar-refractivity contribution in [2.24, 2.45) is 46.3 Å². The lowest BCUT2D eigenvalue weighted by molar-refractivity contribution is -0.0573. The van der Waals surface area contributed by atoms with Crippen LogP contribution in [0.15, 0.2) is 11.6 Å². The Balaban J connectivity index is 1.49. The van der Waals surface area contributed by atoms with Crippen LogP contribution in [0.1, 0.15) is 105 Å². The number of hydrogen-bond donors (Lipinski definition) is 1. The summed E-state index contributed by atoms with van der Waals surface area (Å²) >= 11 is 0. The average Bonchev–Trinajstić information content (AvgIpc) is 2.99. The molecule has 0 aliphatic heterocycles. The largest absolute Gasteiger partial charge is 0.393 e. The zero-order chi connectivity index (χ0) is 20.1. The molecule has 0 saturated heterocycles. The molecule has 8 atom stereocenters. The molecule has 0 aromatic heterocycles. The van der Waals surface area contributed by atoms with E-state index in [1.807, 2.05) is 0 Å². The molecule has 4 aliphatic carbocycles. The first-order valence-electron chi connectivity index (χ1n) is 12.6. The first kappa shape index (κ1) is 21.0.